The van der Waals surface area contributed by atoms with Crippen LogP contribution >= 0.6 is 0 Å². The number of amides is 2. The summed E-state index contributed by atoms with van der Waals surface area (Å²) in [6.07, 6.45) is 5.01. The number of aromatic nitrogens is 2. The molecule has 7 nitrogen and oxygen atoms in total. The largest absolute Gasteiger partial charge is 0.345 e. The van der Waals surface area contributed by atoms with Crippen molar-refractivity contribution in [2.24, 2.45) is 5.92 Å². The Bertz CT molecular complexity index is 677. The molecule has 7 heteroatoms. The Morgan fingerprint density at radius 3 is 3.08 bits per heavy atom. The molecule has 2 amide bonds. The van der Waals surface area contributed by atoms with Crippen molar-refractivity contribution >= 4 is 11.8 Å². The molecule has 1 aromatic rings. The van der Waals surface area contributed by atoms with Gasteiger partial charge in [0.2, 0.25) is 11.8 Å². The second-order valence-electron chi connectivity index (χ2n) is 6.99. The van der Waals surface area contributed by atoms with Crippen LogP contribution in [-0.4, -0.2) is 58.3 Å². The molecule has 0 aliphatic carbocycles. The van der Waals surface area contributed by atoms with Crippen molar-refractivity contribution in [3.63, 3.8) is 0 Å². The van der Waals surface area contributed by atoms with Crippen molar-refractivity contribution in [2.75, 3.05) is 26.7 Å². The fraction of sp³-hybridized carbons (Fsp3) is 0.647. The van der Waals surface area contributed by atoms with Gasteiger partial charge in [-0.25, -0.2) is 9.97 Å². The third-order valence-corrected chi connectivity index (χ3v) is 5.35. The second-order valence-corrected chi connectivity index (χ2v) is 6.99. The molecule has 2 atom stereocenters. The Balaban J connectivity index is 1.54. The minimum Gasteiger partial charge on any atom is -0.345 e. The number of hydrogen-bond donors (Lipinski definition) is 1. The van der Waals surface area contributed by atoms with E-state index in [1.165, 1.54) is 0 Å². The third kappa shape index (κ3) is 2.66. The molecule has 1 N–H and O–H groups in total. The van der Waals surface area contributed by atoms with E-state index in [2.05, 4.69) is 10.3 Å². The monoisotopic (exact) mass is 329 g/mol. The number of fused-ring (bicyclic) bond motifs is 1. The first-order chi connectivity index (χ1) is 11.6. The lowest BCUT2D eigenvalue weighted by Crippen LogP contribution is -2.37. The summed E-state index contributed by atoms with van der Waals surface area (Å²) in [5.41, 5.74) is 2.26. The summed E-state index contributed by atoms with van der Waals surface area (Å²) in [6, 6.07) is -0.0429. The Labute approximate surface area is 141 Å². The van der Waals surface area contributed by atoms with Gasteiger partial charge in [-0.05, 0) is 12.8 Å². The molecule has 0 aromatic carbocycles. The molecule has 4 rings (SSSR count). The normalized spacial score (nSPS) is 26.8. The number of carbonyl (C=O) groups is 2. The van der Waals surface area contributed by atoms with Gasteiger partial charge in [-0.2, -0.15) is 0 Å². The predicted molar refractivity (Wildman–Crippen MR) is 86.9 cm³/mol. The summed E-state index contributed by atoms with van der Waals surface area (Å²) < 4.78 is 0. The Morgan fingerprint density at radius 2 is 2.29 bits per heavy atom. The number of nitrogens with zero attached hydrogens (tertiary/aromatic N) is 4. The maximum Gasteiger partial charge on any atom is 0.228 e. The van der Waals surface area contributed by atoms with Crippen molar-refractivity contribution < 1.29 is 9.59 Å². The van der Waals surface area contributed by atoms with E-state index in [0.29, 0.717) is 13.0 Å². The van der Waals surface area contributed by atoms with E-state index in [1.54, 1.807) is 11.9 Å². The van der Waals surface area contributed by atoms with Crippen molar-refractivity contribution in [1.82, 2.24) is 25.1 Å². The molecule has 0 bridgehead atoms. The zero-order valence-corrected chi connectivity index (χ0v) is 14.0. The molecule has 2 saturated heterocycles. The molecule has 0 saturated carbocycles. The van der Waals surface area contributed by atoms with Gasteiger partial charge < -0.3 is 15.1 Å². The lowest BCUT2D eigenvalue weighted by Gasteiger charge is -2.27. The van der Waals surface area contributed by atoms with Crippen LogP contribution < -0.4 is 5.32 Å². The quantitative estimate of drug-likeness (QED) is 0.842. The number of carbonyl (C=O) groups excluding carboxylic acids is 2. The van der Waals surface area contributed by atoms with E-state index in [-0.39, 0.29) is 23.8 Å². The lowest BCUT2D eigenvalue weighted by atomic mass is 10.1. The SMILES string of the molecule is CN1CC(C(=O)N2CCCC2c2ncc3c(n2)CCNC3)CC1=O. The Morgan fingerprint density at radius 1 is 1.42 bits per heavy atom. The van der Waals surface area contributed by atoms with Crippen molar-refractivity contribution in [2.45, 2.75) is 38.3 Å². The summed E-state index contributed by atoms with van der Waals surface area (Å²) in [5.74, 6) is 0.684. The summed E-state index contributed by atoms with van der Waals surface area (Å²) in [6.45, 7) is 3.02. The molecule has 4 heterocycles. The fourth-order valence-corrected chi connectivity index (χ4v) is 3.97. The molecule has 3 aliphatic rings. The van der Waals surface area contributed by atoms with Gasteiger partial charge in [0.25, 0.3) is 0 Å². The van der Waals surface area contributed by atoms with Gasteiger partial charge in [0, 0.05) is 63.5 Å². The van der Waals surface area contributed by atoms with E-state index >= 15 is 0 Å². The standard InChI is InChI=1S/C17H23N5O2/c1-21-10-11(7-15(21)23)17(24)22-6-2-3-14(22)16-19-9-12-8-18-5-4-13(12)20-16/h9,11,14,18H,2-8,10H2,1H3. The van der Waals surface area contributed by atoms with Crippen molar-refractivity contribution in [3.05, 3.63) is 23.3 Å². The van der Waals surface area contributed by atoms with Crippen LogP contribution in [0.15, 0.2) is 6.20 Å². The lowest BCUT2D eigenvalue weighted by molar-refractivity contribution is -0.136. The average molecular weight is 329 g/mol. The Kier molecular flexibility index (Phi) is 3.96. The van der Waals surface area contributed by atoms with E-state index in [9.17, 15) is 9.59 Å². The zero-order valence-electron chi connectivity index (χ0n) is 14.0. The maximum atomic E-state index is 12.9. The molecule has 0 radical (unpaired) electrons. The van der Waals surface area contributed by atoms with Gasteiger partial charge in [0.05, 0.1) is 12.0 Å². The first-order valence-electron chi connectivity index (χ1n) is 8.73. The van der Waals surface area contributed by atoms with Crippen LogP contribution in [-0.2, 0) is 22.6 Å². The summed E-state index contributed by atoms with van der Waals surface area (Å²) in [7, 11) is 1.76. The van der Waals surface area contributed by atoms with Gasteiger partial charge in [-0.3, -0.25) is 9.59 Å². The van der Waals surface area contributed by atoms with E-state index in [4.69, 9.17) is 4.98 Å². The number of likely N-dealkylation sites (tertiary alicyclic amines) is 2. The van der Waals surface area contributed by atoms with Crippen LogP contribution in [0.1, 0.15) is 42.4 Å². The molecule has 1 aromatic heterocycles. The molecule has 3 aliphatic heterocycles. The van der Waals surface area contributed by atoms with Crippen LogP contribution in [0.25, 0.3) is 0 Å². The van der Waals surface area contributed by atoms with Gasteiger partial charge in [-0.1, -0.05) is 0 Å². The zero-order chi connectivity index (χ0) is 16.7. The smallest absolute Gasteiger partial charge is 0.228 e. The van der Waals surface area contributed by atoms with Gasteiger partial charge in [0.1, 0.15) is 0 Å². The highest BCUT2D eigenvalue weighted by atomic mass is 16.2. The van der Waals surface area contributed by atoms with Gasteiger partial charge >= 0.3 is 0 Å². The molecule has 2 fully saturated rings. The van der Waals surface area contributed by atoms with Crippen LogP contribution in [0.4, 0.5) is 0 Å². The van der Waals surface area contributed by atoms with Gasteiger partial charge in [-0.15, -0.1) is 0 Å². The highest BCUT2D eigenvalue weighted by Gasteiger charge is 2.40. The average Bonchev–Trinajstić information content (AvgIpc) is 3.21. The maximum absolute atomic E-state index is 12.9. The summed E-state index contributed by atoms with van der Waals surface area (Å²) in [5, 5.41) is 3.32. The second kappa shape index (κ2) is 6.12. The molecule has 24 heavy (non-hydrogen) atoms. The first kappa shape index (κ1) is 15.5. The molecule has 128 valence electrons. The van der Waals surface area contributed by atoms with Crippen molar-refractivity contribution in [3.8, 4) is 0 Å². The highest BCUT2D eigenvalue weighted by molar-refractivity contribution is 5.89. The van der Waals surface area contributed by atoms with Crippen molar-refractivity contribution in [1.29, 1.82) is 0 Å². The topological polar surface area (TPSA) is 78.4 Å². The summed E-state index contributed by atoms with van der Waals surface area (Å²) in [4.78, 5) is 37.5. The van der Waals surface area contributed by atoms with E-state index in [0.717, 1.165) is 56.0 Å². The van der Waals surface area contributed by atoms with Crippen LogP contribution in [0.3, 0.4) is 0 Å². The predicted octanol–water partition coefficient (Wildman–Crippen LogP) is 0.264. The molecule has 2 unspecified atom stereocenters. The number of nitrogens with one attached hydrogen (secondary N) is 1. The Hall–Kier alpha value is -2.02. The van der Waals surface area contributed by atoms with Crippen LogP contribution in [0.5, 0.6) is 0 Å². The molecule has 0 spiro atoms. The molecular formula is C17H23N5O2. The number of hydrogen-bond acceptors (Lipinski definition) is 5. The highest BCUT2D eigenvalue weighted by Crippen LogP contribution is 2.33. The minimum absolute atomic E-state index is 0.0429. The third-order valence-electron chi connectivity index (χ3n) is 5.35. The van der Waals surface area contributed by atoms with Crippen LogP contribution in [0, 0.1) is 5.92 Å². The molecular weight excluding hydrogens is 306 g/mol. The van der Waals surface area contributed by atoms with E-state index in [1.807, 2.05) is 11.1 Å². The minimum atomic E-state index is -0.218. The van der Waals surface area contributed by atoms with E-state index < -0.39 is 0 Å². The number of rotatable bonds is 2. The first-order valence-corrected chi connectivity index (χ1v) is 8.73. The van der Waals surface area contributed by atoms with Gasteiger partial charge in [0.15, 0.2) is 5.82 Å². The fourth-order valence-electron chi connectivity index (χ4n) is 3.97. The summed E-state index contributed by atoms with van der Waals surface area (Å²) >= 11 is 0. The van der Waals surface area contributed by atoms with Crippen LogP contribution in [0.2, 0.25) is 0 Å².